The van der Waals surface area contributed by atoms with Crippen molar-refractivity contribution in [2.24, 2.45) is 5.73 Å². The van der Waals surface area contributed by atoms with Gasteiger partial charge in [-0.2, -0.15) is 5.10 Å². The molecule has 0 amide bonds. The van der Waals surface area contributed by atoms with Gasteiger partial charge in [-0.1, -0.05) is 6.07 Å². The molecular weight excluding hydrogens is 257 g/mol. The molecule has 5 heteroatoms. The van der Waals surface area contributed by atoms with Gasteiger partial charge in [-0.05, 0) is 37.6 Å². The first-order valence-electron chi connectivity index (χ1n) is 6.67. The quantitative estimate of drug-likeness (QED) is 0.914. The topological polar surface area (TPSA) is 53.1 Å². The van der Waals surface area contributed by atoms with E-state index in [4.69, 9.17) is 10.5 Å². The molecule has 0 saturated carbocycles. The summed E-state index contributed by atoms with van der Waals surface area (Å²) in [7, 11) is 1.45. The summed E-state index contributed by atoms with van der Waals surface area (Å²) in [5.41, 5.74) is 8.96. The number of aromatic nitrogens is 2. The van der Waals surface area contributed by atoms with Crippen LogP contribution in [0.5, 0.6) is 5.75 Å². The highest BCUT2D eigenvalue weighted by molar-refractivity contribution is 5.31. The van der Waals surface area contributed by atoms with Crippen LogP contribution in [0.4, 0.5) is 4.39 Å². The van der Waals surface area contributed by atoms with Gasteiger partial charge < -0.3 is 10.5 Å². The van der Waals surface area contributed by atoms with Gasteiger partial charge in [-0.25, -0.2) is 4.39 Å². The van der Waals surface area contributed by atoms with Gasteiger partial charge in [-0.15, -0.1) is 0 Å². The molecular formula is C15H20FN3O. The van der Waals surface area contributed by atoms with E-state index in [0.717, 1.165) is 23.5 Å². The summed E-state index contributed by atoms with van der Waals surface area (Å²) in [5, 5.41) is 4.39. The summed E-state index contributed by atoms with van der Waals surface area (Å²) in [6.07, 6.45) is 0.625. The number of nitrogens with zero attached hydrogens (tertiary/aromatic N) is 2. The second kappa shape index (κ2) is 6.05. The lowest BCUT2D eigenvalue weighted by atomic mass is 10.0. The number of aryl methyl sites for hydroxylation is 2. The predicted octanol–water partition coefficient (Wildman–Crippen LogP) is 2.60. The maximum Gasteiger partial charge on any atom is 0.165 e. The molecule has 0 fully saturated rings. The fraction of sp³-hybridized carbons (Fsp3) is 0.400. The fourth-order valence-electron chi connectivity index (χ4n) is 2.29. The van der Waals surface area contributed by atoms with Gasteiger partial charge in [0.25, 0.3) is 0 Å². The summed E-state index contributed by atoms with van der Waals surface area (Å²) in [6.45, 7) is 4.79. The molecule has 0 saturated heterocycles. The Labute approximate surface area is 118 Å². The molecule has 20 heavy (non-hydrogen) atoms. The third-order valence-electron chi connectivity index (χ3n) is 3.32. The third kappa shape index (κ3) is 2.99. The van der Waals surface area contributed by atoms with Crippen molar-refractivity contribution in [3.05, 3.63) is 47.0 Å². The lowest BCUT2D eigenvalue weighted by Gasteiger charge is -2.14. The van der Waals surface area contributed by atoms with E-state index in [0.29, 0.717) is 6.42 Å². The first-order valence-corrected chi connectivity index (χ1v) is 6.67. The molecule has 108 valence electrons. The van der Waals surface area contributed by atoms with Crippen LogP contribution in [0, 0.1) is 12.7 Å². The van der Waals surface area contributed by atoms with Crippen LogP contribution >= 0.6 is 0 Å². The average Bonchev–Trinajstić information content (AvgIpc) is 2.78. The Morgan fingerprint density at radius 1 is 1.40 bits per heavy atom. The molecule has 0 aliphatic heterocycles. The van der Waals surface area contributed by atoms with E-state index in [2.05, 4.69) is 5.10 Å². The first-order chi connectivity index (χ1) is 9.55. The molecule has 0 aliphatic carbocycles. The predicted molar refractivity (Wildman–Crippen MR) is 76.2 cm³/mol. The van der Waals surface area contributed by atoms with Crippen molar-refractivity contribution >= 4 is 0 Å². The minimum atomic E-state index is -0.388. The highest BCUT2D eigenvalue weighted by Crippen LogP contribution is 2.23. The van der Waals surface area contributed by atoms with E-state index < -0.39 is 0 Å². The molecule has 0 aliphatic rings. The number of ether oxygens (including phenoxy) is 1. The number of nitrogens with two attached hydrogens (primary N) is 1. The van der Waals surface area contributed by atoms with Crippen molar-refractivity contribution < 1.29 is 9.13 Å². The van der Waals surface area contributed by atoms with Gasteiger partial charge in [0.1, 0.15) is 0 Å². The normalized spacial score (nSPS) is 12.4. The van der Waals surface area contributed by atoms with Crippen molar-refractivity contribution in [3.8, 4) is 5.75 Å². The number of halogens is 1. The van der Waals surface area contributed by atoms with E-state index in [-0.39, 0.29) is 17.6 Å². The molecule has 0 bridgehead atoms. The van der Waals surface area contributed by atoms with Crippen LogP contribution in [0.1, 0.15) is 29.9 Å². The van der Waals surface area contributed by atoms with Gasteiger partial charge in [0.15, 0.2) is 11.6 Å². The van der Waals surface area contributed by atoms with Crippen LogP contribution in [-0.2, 0) is 13.0 Å². The molecule has 1 aromatic carbocycles. The Morgan fingerprint density at radius 3 is 2.75 bits per heavy atom. The Hall–Kier alpha value is -1.88. The van der Waals surface area contributed by atoms with Gasteiger partial charge in [-0.3, -0.25) is 4.68 Å². The molecule has 2 aromatic rings. The summed E-state index contributed by atoms with van der Waals surface area (Å²) in [4.78, 5) is 0. The summed E-state index contributed by atoms with van der Waals surface area (Å²) >= 11 is 0. The second-order valence-electron chi connectivity index (χ2n) is 4.80. The SMILES string of the molecule is CCn1nc(C)cc1CC(N)c1ccc(OC)c(F)c1. The van der Waals surface area contributed by atoms with Gasteiger partial charge in [0.05, 0.1) is 12.8 Å². The fourth-order valence-corrected chi connectivity index (χ4v) is 2.29. The van der Waals surface area contributed by atoms with E-state index in [9.17, 15) is 4.39 Å². The number of hydrogen-bond donors (Lipinski definition) is 1. The molecule has 1 atom stereocenters. The minimum Gasteiger partial charge on any atom is -0.494 e. The van der Waals surface area contributed by atoms with Crippen LogP contribution in [0.25, 0.3) is 0 Å². The van der Waals surface area contributed by atoms with Crippen LogP contribution in [0.3, 0.4) is 0 Å². The second-order valence-corrected chi connectivity index (χ2v) is 4.80. The molecule has 4 nitrogen and oxygen atoms in total. The summed E-state index contributed by atoms with van der Waals surface area (Å²) in [6, 6.07) is 6.59. The third-order valence-corrected chi connectivity index (χ3v) is 3.32. The van der Waals surface area contributed by atoms with Crippen LogP contribution in [0.15, 0.2) is 24.3 Å². The van der Waals surface area contributed by atoms with Crippen molar-refractivity contribution in [2.75, 3.05) is 7.11 Å². The molecule has 0 spiro atoms. The molecule has 2 rings (SSSR count). The highest BCUT2D eigenvalue weighted by Gasteiger charge is 2.13. The van der Waals surface area contributed by atoms with E-state index in [1.165, 1.54) is 13.2 Å². The zero-order chi connectivity index (χ0) is 14.7. The van der Waals surface area contributed by atoms with E-state index in [1.807, 2.05) is 24.6 Å². The van der Waals surface area contributed by atoms with Crippen molar-refractivity contribution in [3.63, 3.8) is 0 Å². The largest absolute Gasteiger partial charge is 0.494 e. The lowest BCUT2D eigenvalue weighted by Crippen LogP contribution is -2.16. The van der Waals surface area contributed by atoms with E-state index in [1.54, 1.807) is 12.1 Å². The van der Waals surface area contributed by atoms with Crippen molar-refractivity contribution in [1.29, 1.82) is 0 Å². The monoisotopic (exact) mass is 277 g/mol. The molecule has 1 aromatic heterocycles. The maximum atomic E-state index is 13.7. The molecule has 1 unspecified atom stereocenters. The lowest BCUT2D eigenvalue weighted by molar-refractivity contribution is 0.386. The Bertz CT molecular complexity index is 595. The Morgan fingerprint density at radius 2 is 2.15 bits per heavy atom. The Balaban J connectivity index is 2.19. The van der Waals surface area contributed by atoms with Crippen molar-refractivity contribution in [1.82, 2.24) is 9.78 Å². The molecule has 1 heterocycles. The zero-order valence-electron chi connectivity index (χ0n) is 12.1. The number of rotatable bonds is 5. The highest BCUT2D eigenvalue weighted by atomic mass is 19.1. The smallest absolute Gasteiger partial charge is 0.165 e. The molecule has 0 radical (unpaired) electrons. The minimum absolute atomic E-state index is 0.232. The first kappa shape index (κ1) is 14.5. The van der Waals surface area contributed by atoms with Crippen LogP contribution in [-0.4, -0.2) is 16.9 Å². The van der Waals surface area contributed by atoms with Crippen LogP contribution < -0.4 is 10.5 Å². The maximum absolute atomic E-state index is 13.7. The van der Waals surface area contributed by atoms with Crippen LogP contribution in [0.2, 0.25) is 0 Å². The number of methoxy groups -OCH3 is 1. The molecule has 2 N–H and O–H groups in total. The Kier molecular flexibility index (Phi) is 4.39. The van der Waals surface area contributed by atoms with Gasteiger partial charge in [0, 0.05) is 24.7 Å². The van der Waals surface area contributed by atoms with Gasteiger partial charge >= 0.3 is 0 Å². The zero-order valence-corrected chi connectivity index (χ0v) is 12.1. The average molecular weight is 277 g/mol. The number of benzene rings is 1. The summed E-state index contributed by atoms with van der Waals surface area (Å²) in [5.74, 6) is -0.156. The standard InChI is InChI=1S/C15H20FN3O/c1-4-19-12(7-10(2)18-19)9-14(17)11-5-6-15(20-3)13(16)8-11/h5-8,14H,4,9,17H2,1-3H3. The van der Waals surface area contributed by atoms with E-state index >= 15 is 0 Å². The van der Waals surface area contributed by atoms with Crippen molar-refractivity contribution in [2.45, 2.75) is 32.9 Å². The van der Waals surface area contributed by atoms with Gasteiger partial charge in [0.2, 0.25) is 0 Å². The summed E-state index contributed by atoms with van der Waals surface area (Å²) < 4.78 is 20.5. The number of hydrogen-bond acceptors (Lipinski definition) is 3.